The molecule has 0 spiro atoms. The summed E-state index contributed by atoms with van der Waals surface area (Å²) >= 11 is 3.19. The number of amides is 1. The molecule has 1 aromatic rings. The molecule has 2 N–H and O–H groups in total. The van der Waals surface area contributed by atoms with Gasteiger partial charge in [0.25, 0.3) is 5.91 Å². The molecule has 2 rings (SSSR count). The lowest BCUT2D eigenvalue weighted by Crippen LogP contribution is -2.48. The third kappa shape index (κ3) is 2.30. The Bertz CT molecular complexity index is 391. The number of nitrogens with two attached hydrogens (primary N) is 1. The Kier molecular flexibility index (Phi) is 3.35. The third-order valence-electron chi connectivity index (χ3n) is 3.04. The van der Waals surface area contributed by atoms with Gasteiger partial charge in [-0.15, -0.1) is 0 Å². The average Bonchev–Trinajstić information content (AvgIpc) is 2.68. The van der Waals surface area contributed by atoms with Gasteiger partial charge in [-0.05, 0) is 40.4 Å². The second kappa shape index (κ2) is 4.59. The molecule has 2 unspecified atom stereocenters. The van der Waals surface area contributed by atoms with E-state index in [0.29, 0.717) is 29.4 Å². The minimum atomic E-state index is -0.0514. The fraction of sp³-hybridized carbons (Fsp3) is 0.545. The van der Waals surface area contributed by atoms with E-state index in [2.05, 4.69) is 22.9 Å². The summed E-state index contributed by atoms with van der Waals surface area (Å²) < 4.78 is 5.84. The van der Waals surface area contributed by atoms with Crippen LogP contribution in [0.3, 0.4) is 0 Å². The molecule has 1 fully saturated rings. The van der Waals surface area contributed by atoms with Crippen molar-refractivity contribution in [3.63, 3.8) is 0 Å². The van der Waals surface area contributed by atoms with E-state index in [1.165, 1.54) is 0 Å². The number of rotatable bonds is 1. The van der Waals surface area contributed by atoms with Crippen molar-refractivity contribution in [2.24, 2.45) is 11.7 Å². The predicted octanol–water partition coefficient (Wildman–Crippen LogP) is 1.85. The molecule has 1 aliphatic rings. The van der Waals surface area contributed by atoms with E-state index in [1.54, 1.807) is 17.0 Å². The van der Waals surface area contributed by atoms with E-state index < -0.39 is 0 Å². The normalized spacial score (nSPS) is 25.8. The molecule has 1 amide bonds. The number of halogens is 1. The van der Waals surface area contributed by atoms with Crippen LogP contribution < -0.4 is 5.73 Å². The second-order valence-electron chi connectivity index (χ2n) is 4.28. The van der Waals surface area contributed by atoms with Gasteiger partial charge in [0, 0.05) is 19.1 Å². The van der Waals surface area contributed by atoms with Crippen LogP contribution in [0.5, 0.6) is 0 Å². The molecular weight excluding hydrogens is 272 g/mol. The summed E-state index contributed by atoms with van der Waals surface area (Å²) in [6.07, 6.45) is 0.856. The minimum Gasteiger partial charge on any atom is -0.444 e. The summed E-state index contributed by atoms with van der Waals surface area (Å²) in [5.41, 5.74) is 5.91. The number of hydrogen-bond acceptors (Lipinski definition) is 3. The van der Waals surface area contributed by atoms with Gasteiger partial charge in [-0.3, -0.25) is 4.79 Å². The van der Waals surface area contributed by atoms with Crippen molar-refractivity contribution in [2.75, 3.05) is 13.1 Å². The number of piperidine rings is 1. The van der Waals surface area contributed by atoms with Crippen molar-refractivity contribution in [1.82, 2.24) is 4.90 Å². The van der Waals surface area contributed by atoms with Crippen LogP contribution in [-0.4, -0.2) is 29.9 Å². The van der Waals surface area contributed by atoms with Crippen LogP contribution in [0.25, 0.3) is 0 Å². The van der Waals surface area contributed by atoms with Crippen LogP contribution in [0.2, 0.25) is 0 Å². The van der Waals surface area contributed by atoms with Crippen molar-refractivity contribution in [3.05, 3.63) is 22.6 Å². The number of hydrogen-bond donors (Lipinski definition) is 1. The summed E-state index contributed by atoms with van der Waals surface area (Å²) in [6.45, 7) is 3.49. The zero-order chi connectivity index (χ0) is 11.7. The first kappa shape index (κ1) is 11.7. The summed E-state index contributed by atoms with van der Waals surface area (Å²) in [4.78, 5) is 13.8. The minimum absolute atomic E-state index is 0.0514. The van der Waals surface area contributed by atoms with Gasteiger partial charge in [-0.25, -0.2) is 0 Å². The Hall–Kier alpha value is -0.810. The van der Waals surface area contributed by atoms with Crippen LogP contribution in [0.4, 0.5) is 0 Å². The molecule has 5 heteroatoms. The highest BCUT2D eigenvalue weighted by Gasteiger charge is 2.28. The van der Waals surface area contributed by atoms with Crippen molar-refractivity contribution < 1.29 is 9.21 Å². The Morgan fingerprint density at radius 3 is 2.94 bits per heavy atom. The molecule has 0 saturated carbocycles. The van der Waals surface area contributed by atoms with E-state index in [0.717, 1.165) is 6.42 Å². The molecule has 4 nitrogen and oxygen atoms in total. The summed E-state index contributed by atoms with van der Waals surface area (Å²) in [5, 5.41) is 0. The number of carbonyl (C=O) groups excluding carboxylic acids is 1. The SMILES string of the molecule is CC1CN(C(=O)c2ccc(Br)o2)CCC1N. The monoisotopic (exact) mass is 286 g/mol. The molecule has 2 atom stereocenters. The van der Waals surface area contributed by atoms with Gasteiger partial charge in [0.05, 0.1) is 0 Å². The summed E-state index contributed by atoms with van der Waals surface area (Å²) in [7, 11) is 0. The number of furan rings is 1. The average molecular weight is 287 g/mol. The summed E-state index contributed by atoms with van der Waals surface area (Å²) in [5.74, 6) is 0.676. The van der Waals surface area contributed by atoms with Crippen molar-refractivity contribution in [1.29, 1.82) is 0 Å². The van der Waals surface area contributed by atoms with E-state index in [9.17, 15) is 4.79 Å². The van der Waals surface area contributed by atoms with Crippen LogP contribution in [-0.2, 0) is 0 Å². The fourth-order valence-electron chi connectivity index (χ4n) is 1.93. The summed E-state index contributed by atoms with van der Waals surface area (Å²) in [6, 6.07) is 3.62. The number of likely N-dealkylation sites (tertiary alicyclic amines) is 1. The topological polar surface area (TPSA) is 59.5 Å². The highest BCUT2D eigenvalue weighted by molar-refractivity contribution is 9.10. The molecule has 0 aromatic carbocycles. The van der Waals surface area contributed by atoms with Gasteiger partial charge in [0.2, 0.25) is 0 Å². The lowest BCUT2D eigenvalue weighted by Gasteiger charge is -2.34. The van der Waals surface area contributed by atoms with Crippen molar-refractivity contribution in [2.45, 2.75) is 19.4 Å². The van der Waals surface area contributed by atoms with Gasteiger partial charge in [-0.1, -0.05) is 6.92 Å². The van der Waals surface area contributed by atoms with Crippen LogP contribution in [0.1, 0.15) is 23.9 Å². The fourth-order valence-corrected chi connectivity index (χ4v) is 2.24. The predicted molar refractivity (Wildman–Crippen MR) is 64.1 cm³/mol. The van der Waals surface area contributed by atoms with Gasteiger partial charge in [0.15, 0.2) is 10.4 Å². The molecule has 0 aliphatic carbocycles. The van der Waals surface area contributed by atoms with Crippen LogP contribution in [0.15, 0.2) is 21.2 Å². The Balaban J connectivity index is 2.06. The van der Waals surface area contributed by atoms with Gasteiger partial charge >= 0.3 is 0 Å². The van der Waals surface area contributed by atoms with E-state index in [1.807, 2.05) is 0 Å². The van der Waals surface area contributed by atoms with Crippen molar-refractivity contribution >= 4 is 21.8 Å². The molecular formula is C11H15BrN2O2. The standard InChI is InChI=1S/C11H15BrN2O2/c1-7-6-14(5-4-8(7)13)11(15)9-2-3-10(12)16-9/h2-3,7-8H,4-6,13H2,1H3. The lowest BCUT2D eigenvalue weighted by molar-refractivity contribution is 0.0631. The largest absolute Gasteiger partial charge is 0.444 e. The molecule has 88 valence electrons. The number of nitrogens with zero attached hydrogens (tertiary/aromatic N) is 1. The first-order valence-electron chi connectivity index (χ1n) is 5.38. The third-order valence-corrected chi connectivity index (χ3v) is 3.47. The van der Waals surface area contributed by atoms with E-state index in [4.69, 9.17) is 10.2 Å². The maximum atomic E-state index is 12.0. The quantitative estimate of drug-likeness (QED) is 0.857. The first-order valence-corrected chi connectivity index (χ1v) is 6.17. The second-order valence-corrected chi connectivity index (χ2v) is 5.07. The molecule has 0 bridgehead atoms. The smallest absolute Gasteiger partial charge is 0.289 e. The van der Waals surface area contributed by atoms with Crippen LogP contribution >= 0.6 is 15.9 Å². The maximum Gasteiger partial charge on any atom is 0.289 e. The molecule has 1 saturated heterocycles. The number of carbonyl (C=O) groups is 1. The van der Waals surface area contributed by atoms with E-state index in [-0.39, 0.29) is 11.9 Å². The Labute approximate surface area is 103 Å². The maximum absolute atomic E-state index is 12.0. The first-order chi connectivity index (χ1) is 7.58. The van der Waals surface area contributed by atoms with E-state index >= 15 is 0 Å². The van der Waals surface area contributed by atoms with Crippen LogP contribution in [0, 0.1) is 5.92 Å². The lowest BCUT2D eigenvalue weighted by atomic mass is 9.95. The zero-order valence-corrected chi connectivity index (χ0v) is 10.7. The highest BCUT2D eigenvalue weighted by atomic mass is 79.9. The van der Waals surface area contributed by atoms with Gasteiger partial charge in [-0.2, -0.15) is 0 Å². The zero-order valence-electron chi connectivity index (χ0n) is 9.15. The van der Waals surface area contributed by atoms with Crippen molar-refractivity contribution in [3.8, 4) is 0 Å². The van der Waals surface area contributed by atoms with Gasteiger partial charge in [0.1, 0.15) is 0 Å². The Morgan fingerprint density at radius 1 is 1.62 bits per heavy atom. The molecule has 2 heterocycles. The molecule has 16 heavy (non-hydrogen) atoms. The Morgan fingerprint density at radius 2 is 2.38 bits per heavy atom. The molecule has 1 aromatic heterocycles. The molecule has 1 aliphatic heterocycles. The molecule has 0 radical (unpaired) electrons. The highest BCUT2D eigenvalue weighted by Crippen LogP contribution is 2.20. The van der Waals surface area contributed by atoms with Gasteiger partial charge < -0.3 is 15.1 Å².